The molecule has 1 unspecified atom stereocenters. The average molecular weight is 373 g/mol. The zero-order chi connectivity index (χ0) is 16.4. The maximum atomic E-state index is 12.8. The van der Waals surface area contributed by atoms with Crippen LogP contribution in [0.3, 0.4) is 0 Å². The summed E-state index contributed by atoms with van der Waals surface area (Å²) in [7, 11) is -3.34. The van der Waals surface area contributed by atoms with Gasteiger partial charge in [-0.3, -0.25) is 0 Å². The number of rotatable bonds is 4. The van der Waals surface area contributed by atoms with E-state index in [2.05, 4.69) is 19.2 Å². The molecule has 2 aliphatic heterocycles. The van der Waals surface area contributed by atoms with E-state index in [0.29, 0.717) is 35.9 Å². The first kappa shape index (κ1) is 19.7. The topological polar surface area (TPSA) is 49.4 Å². The second-order valence-electron chi connectivity index (χ2n) is 7.17. The summed E-state index contributed by atoms with van der Waals surface area (Å²) in [4.78, 5) is 0.430. The Morgan fingerprint density at radius 3 is 2.21 bits per heavy atom. The molecule has 0 radical (unpaired) electrons. The minimum Gasteiger partial charge on any atom is -0.314 e. The maximum absolute atomic E-state index is 12.8. The lowest BCUT2D eigenvalue weighted by Gasteiger charge is -2.34. The zero-order valence-corrected chi connectivity index (χ0v) is 16.2. The number of nitrogens with zero attached hydrogens (tertiary/aromatic N) is 1. The van der Waals surface area contributed by atoms with Crippen molar-refractivity contribution in [3.05, 3.63) is 29.8 Å². The Hall–Kier alpha value is -0.620. The van der Waals surface area contributed by atoms with Gasteiger partial charge in [-0.2, -0.15) is 4.31 Å². The van der Waals surface area contributed by atoms with Gasteiger partial charge in [0.2, 0.25) is 10.0 Å². The third kappa shape index (κ3) is 4.13. The van der Waals surface area contributed by atoms with Crippen molar-refractivity contribution in [2.24, 2.45) is 5.92 Å². The maximum Gasteiger partial charge on any atom is 0.243 e. The van der Waals surface area contributed by atoms with Gasteiger partial charge in [0.1, 0.15) is 0 Å². The van der Waals surface area contributed by atoms with Crippen LogP contribution in [0.4, 0.5) is 0 Å². The summed E-state index contributed by atoms with van der Waals surface area (Å²) < 4.78 is 27.3. The van der Waals surface area contributed by atoms with Crippen LogP contribution >= 0.6 is 12.4 Å². The van der Waals surface area contributed by atoms with Crippen LogP contribution in [0.2, 0.25) is 0 Å². The van der Waals surface area contributed by atoms with Crippen LogP contribution in [0.1, 0.15) is 51.0 Å². The van der Waals surface area contributed by atoms with E-state index in [1.54, 1.807) is 16.4 Å². The van der Waals surface area contributed by atoms with Crippen LogP contribution < -0.4 is 5.32 Å². The van der Waals surface area contributed by atoms with Gasteiger partial charge in [0.15, 0.2) is 0 Å². The highest BCUT2D eigenvalue weighted by atomic mass is 35.5. The van der Waals surface area contributed by atoms with Crippen LogP contribution in [0.25, 0.3) is 0 Å². The quantitative estimate of drug-likeness (QED) is 0.881. The van der Waals surface area contributed by atoms with E-state index < -0.39 is 10.0 Å². The first-order valence-corrected chi connectivity index (χ1v) is 10.3. The standard InChI is InChI=1S/C18H28N2O2S.ClH/c1-14(2)15-5-7-17(8-6-15)23(21,22)20-12-9-16(10-13-20)18-4-3-11-19-18;/h5-8,14,16,18-19H,3-4,9-13H2,1-2H3;1H. The smallest absolute Gasteiger partial charge is 0.243 e. The molecule has 6 heteroatoms. The molecule has 1 atom stereocenters. The zero-order valence-electron chi connectivity index (χ0n) is 14.6. The summed E-state index contributed by atoms with van der Waals surface area (Å²) in [6, 6.07) is 7.99. The predicted molar refractivity (Wildman–Crippen MR) is 100 cm³/mol. The van der Waals surface area contributed by atoms with Crippen LogP contribution in [-0.2, 0) is 10.0 Å². The van der Waals surface area contributed by atoms with Gasteiger partial charge in [0.05, 0.1) is 4.90 Å². The molecule has 2 saturated heterocycles. The van der Waals surface area contributed by atoms with Crippen molar-refractivity contribution in [2.75, 3.05) is 19.6 Å². The third-order valence-corrected chi connectivity index (χ3v) is 7.26. The molecular formula is C18H29ClN2O2S. The SMILES string of the molecule is CC(C)c1ccc(S(=O)(=O)N2CCC(C3CCCN3)CC2)cc1.Cl. The molecule has 0 amide bonds. The fraction of sp³-hybridized carbons (Fsp3) is 0.667. The second-order valence-corrected chi connectivity index (χ2v) is 9.11. The van der Waals surface area contributed by atoms with Gasteiger partial charge in [-0.1, -0.05) is 26.0 Å². The van der Waals surface area contributed by atoms with Crippen molar-refractivity contribution in [3.8, 4) is 0 Å². The molecule has 0 saturated carbocycles. The Bertz CT molecular complexity index is 617. The summed E-state index contributed by atoms with van der Waals surface area (Å²) in [5.74, 6) is 1.05. The molecule has 3 rings (SSSR count). The van der Waals surface area contributed by atoms with Crippen LogP contribution in [-0.4, -0.2) is 38.4 Å². The van der Waals surface area contributed by atoms with Crippen molar-refractivity contribution in [3.63, 3.8) is 0 Å². The van der Waals surface area contributed by atoms with Crippen molar-refractivity contribution < 1.29 is 8.42 Å². The Morgan fingerprint density at radius 1 is 1.08 bits per heavy atom. The second kappa shape index (κ2) is 8.17. The number of benzene rings is 1. The van der Waals surface area contributed by atoms with Gasteiger partial charge in [0.25, 0.3) is 0 Å². The molecule has 24 heavy (non-hydrogen) atoms. The lowest BCUT2D eigenvalue weighted by atomic mass is 9.89. The molecule has 2 heterocycles. The highest BCUT2D eigenvalue weighted by molar-refractivity contribution is 7.89. The van der Waals surface area contributed by atoms with E-state index in [4.69, 9.17) is 0 Å². The number of halogens is 1. The Balaban J connectivity index is 0.00000208. The number of sulfonamides is 1. The van der Waals surface area contributed by atoms with E-state index in [1.165, 1.54) is 18.4 Å². The van der Waals surface area contributed by atoms with Crippen LogP contribution in [0.5, 0.6) is 0 Å². The van der Waals surface area contributed by atoms with Crippen molar-refractivity contribution in [1.29, 1.82) is 0 Å². The molecule has 136 valence electrons. The molecule has 0 aromatic heterocycles. The Kier molecular flexibility index (Phi) is 6.71. The van der Waals surface area contributed by atoms with Gasteiger partial charge in [-0.05, 0) is 61.8 Å². The lowest BCUT2D eigenvalue weighted by Crippen LogP contribution is -2.43. The van der Waals surface area contributed by atoms with E-state index in [9.17, 15) is 8.42 Å². The third-order valence-electron chi connectivity index (χ3n) is 5.35. The van der Waals surface area contributed by atoms with Gasteiger partial charge in [0, 0.05) is 19.1 Å². The van der Waals surface area contributed by atoms with Crippen molar-refractivity contribution >= 4 is 22.4 Å². The van der Waals surface area contributed by atoms with Gasteiger partial charge in [-0.15, -0.1) is 12.4 Å². The Morgan fingerprint density at radius 2 is 1.71 bits per heavy atom. The minimum absolute atomic E-state index is 0. The van der Waals surface area contributed by atoms with Crippen LogP contribution in [0.15, 0.2) is 29.2 Å². The molecule has 0 spiro atoms. The van der Waals surface area contributed by atoms with Crippen molar-refractivity contribution in [1.82, 2.24) is 9.62 Å². The highest BCUT2D eigenvalue weighted by Crippen LogP contribution is 2.29. The van der Waals surface area contributed by atoms with Gasteiger partial charge < -0.3 is 5.32 Å². The summed E-state index contributed by atoms with van der Waals surface area (Å²) in [5, 5.41) is 3.56. The summed E-state index contributed by atoms with van der Waals surface area (Å²) in [5.41, 5.74) is 1.18. The molecule has 4 nitrogen and oxygen atoms in total. The average Bonchev–Trinajstić information content (AvgIpc) is 3.09. The molecule has 1 aromatic rings. The summed E-state index contributed by atoms with van der Waals surface area (Å²) in [6.07, 6.45) is 4.45. The van der Waals surface area contributed by atoms with Crippen molar-refractivity contribution in [2.45, 2.75) is 56.4 Å². The summed E-state index contributed by atoms with van der Waals surface area (Å²) in [6.45, 7) is 6.65. The van der Waals surface area contributed by atoms with Gasteiger partial charge >= 0.3 is 0 Å². The monoisotopic (exact) mass is 372 g/mol. The molecule has 1 aromatic carbocycles. The fourth-order valence-electron chi connectivity index (χ4n) is 3.81. The first-order chi connectivity index (χ1) is 11.0. The first-order valence-electron chi connectivity index (χ1n) is 8.82. The number of piperidine rings is 1. The molecule has 0 aliphatic carbocycles. The number of nitrogens with one attached hydrogen (secondary N) is 1. The molecule has 0 bridgehead atoms. The molecule has 2 fully saturated rings. The summed E-state index contributed by atoms with van der Waals surface area (Å²) >= 11 is 0. The van der Waals surface area contributed by atoms with Crippen LogP contribution in [0, 0.1) is 5.92 Å². The number of hydrogen-bond donors (Lipinski definition) is 1. The minimum atomic E-state index is -3.34. The fourth-order valence-corrected chi connectivity index (χ4v) is 5.28. The highest BCUT2D eigenvalue weighted by Gasteiger charge is 2.33. The largest absolute Gasteiger partial charge is 0.314 e. The van der Waals surface area contributed by atoms with E-state index in [-0.39, 0.29) is 12.4 Å². The molecule has 1 N–H and O–H groups in total. The lowest BCUT2D eigenvalue weighted by molar-refractivity contribution is 0.234. The molecular weight excluding hydrogens is 344 g/mol. The van der Waals surface area contributed by atoms with Gasteiger partial charge in [-0.25, -0.2) is 8.42 Å². The number of hydrogen-bond acceptors (Lipinski definition) is 3. The predicted octanol–water partition coefficient (Wildman–Crippen LogP) is 3.38. The van der Waals surface area contributed by atoms with E-state index in [0.717, 1.165) is 19.4 Å². The van der Waals surface area contributed by atoms with E-state index in [1.807, 2.05) is 12.1 Å². The normalized spacial score (nSPS) is 23.4. The van der Waals surface area contributed by atoms with E-state index >= 15 is 0 Å². The molecule has 2 aliphatic rings. The Labute approximate surface area is 152 Å².